The normalized spacial score (nSPS) is 10.6. The minimum absolute atomic E-state index is 0.682. The van der Waals surface area contributed by atoms with Crippen LogP contribution in [0.2, 0.25) is 5.02 Å². The van der Waals surface area contributed by atoms with Crippen molar-refractivity contribution in [3.05, 3.63) is 53.1 Å². The molecule has 4 heteroatoms. The fourth-order valence-electron chi connectivity index (χ4n) is 1.85. The Morgan fingerprint density at radius 2 is 1.95 bits per heavy atom. The van der Waals surface area contributed by atoms with Gasteiger partial charge in [0.1, 0.15) is 11.5 Å². The molecule has 0 saturated carbocycles. The van der Waals surface area contributed by atoms with E-state index in [-0.39, 0.29) is 0 Å². The standard InChI is InChI=1S/C16H18ClNOS/c1-3-18-11-12-8-9-13(17)10-15(12)19-14-6-4-5-7-16(14)20-2/h4-10,18H,3,11H2,1-2H3. The third kappa shape index (κ3) is 3.92. The molecule has 0 unspecified atom stereocenters. The summed E-state index contributed by atoms with van der Waals surface area (Å²) in [6.45, 7) is 3.77. The van der Waals surface area contributed by atoms with Gasteiger partial charge in [0.2, 0.25) is 0 Å². The van der Waals surface area contributed by atoms with Gasteiger partial charge < -0.3 is 10.1 Å². The highest BCUT2D eigenvalue weighted by molar-refractivity contribution is 7.98. The van der Waals surface area contributed by atoms with Crippen LogP contribution in [0, 0.1) is 0 Å². The summed E-state index contributed by atoms with van der Waals surface area (Å²) in [5.41, 5.74) is 1.10. The van der Waals surface area contributed by atoms with Crippen molar-refractivity contribution in [3.63, 3.8) is 0 Å². The fraction of sp³-hybridized carbons (Fsp3) is 0.250. The first kappa shape index (κ1) is 15.2. The monoisotopic (exact) mass is 307 g/mol. The number of halogens is 1. The first-order chi connectivity index (χ1) is 9.74. The van der Waals surface area contributed by atoms with E-state index in [9.17, 15) is 0 Å². The average molecular weight is 308 g/mol. The molecule has 0 aliphatic carbocycles. The zero-order valence-corrected chi connectivity index (χ0v) is 13.2. The smallest absolute Gasteiger partial charge is 0.140 e. The molecule has 0 spiro atoms. The van der Waals surface area contributed by atoms with E-state index >= 15 is 0 Å². The lowest BCUT2D eigenvalue weighted by molar-refractivity contribution is 0.462. The summed E-state index contributed by atoms with van der Waals surface area (Å²) in [5.74, 6) is 1.67. The van der Waals surface area contributed by atoms with E-state index in [0.717, 1.165) is 35.0 Å². The third-order valence-corrected chi connectivity index (χ3v) is 3.90. The first-order valence-electron chi connectivity index (χ1n) is 6.54. The predicted octanol–water partition coefficient (Wildman–Crippen LogP) is 4.96. The molecular formula is C16H18ClNOS. The van der Waals surface area contributed by atoms with E-state index in [1.807, 2.05) is 42.7 Å². The summed E-state index contributed by atoms with van der Waals surface area (Å²) in [4.78, 5) is 1.11. The minimum atomic E-state index is 0.682. The van der Waals surface area contributed by atoms with Crippen LogP contribution in [-0.4, -0.2) is 12.8 Å². The van der Waals surface area contributed by atoms with Gasteiger partial charge in [0.05, 0.1) is 0 Å². The summed E-state index contributed by atoms with van der Waals surface area (Å²) < 4.78 is 6.06. The molecule has 0 fully saturated rings. The van der Waals surface area contributed by atoms with E-state index in [1.54, 1.807) is 11.8 Å². The Kier molecular flexibility index (Phi) is 5.77. The molecule has 0 radical (unpaired) electrons. The van der Waals surface area contributed by atoms with Gasteiger partial charge in [-0.1, -0.05) is 36.7 Å². The lowest BCUT2D eigenvalue weighted by Gasteiger charge is -2.14. The van der Waals surface area contributed by atoms with Crippen LogP contribution in [0.5, 0.6) is 11.5 Å². The maximum absolute atomic E-state index is 6.09. The number of hydrogen-bond acceptors (Lipinski definition) is 3. The quantitative estimate of drug-likeness (QED) is 0.762. The van der Waals surface area contributed by atoms with Crippen LogP contribution in [-0.2, 0) is 6.54 Å². The second-order valence-electron chi connectivity index (χ2n) is 4.29. The molecule has 2 rings (SSSR count). The van der Waals surface area contributed by atoms with Crippen molar-refractivity contribution >= 4 is 23.4 Å². The molecule has 1 N–H and O–H groups in total. The lowest BCUT2D eigenvalue weighted by Crippen LogP contribution is -2.12. The largest absolute Gasteiger partial charge is 0.456 e. The van der Waals surface area contributed by atoms with Crippen molar-refractivity contribution in [1.82, 2.24) is 5.32 Å². The summed E-state index contributed by atoms with van der Waals surface area (Å²) in [6, 6.07) is 13.8. The summed E-state index contributed by atoms with van der Waals surface area (Å²) in [7, 11) is 0. The van der Waals surface area contributed by atoms with Crippen LogP contribution in [0.25, 0.3) is 0 Å². The second-order valence-corrected chi connectivity index (χ2v) is 5.57. The van der Waals surface area contributed by atoms with Gasteiger partial charge >= 0.3 is 0 Å². The minimum Gasteiger partial charge on any atom is -0.456 e. The molecule has 0 saturated heterocycles. The SMILES string of the molecule is CCNCc1ccc(Cl)cc1Oc1ccccc1SC. The number of nitrogens with one attached hydrogen (secondary N) is 1. The van der Waals surface area contributed by atoms with Crippen LogP contribution in [0.4, 0.5) is 0 Å². The van der Waals surface area contributed by atoms with E-state index in [2.05, 4.69) is 18.3 Å². The summed E-state index contributed by atoms with van der Waals surface area (Å²) in [6.07, 6.45) is 2.04. The van der Waals surface area contributed by atoms with Crippen LogP contribution in [0.15, 0.2) is 47.4 Å². The highest BCUT2D eigenvalue weighted by Crippen LogP contribution is 2.34. The van der Waals surface area contributed by atoms with E-state index < -0.39 is 0 Å². The van der Waals surface area contributed by atoms with Crippen molar-refractivity contribution < 1.29 is 4.74 Å². The molecule has 2 aromatic carbocycles. The number of rotatable bonds is 6. The van der Waals surface area contributed by atoms with Crippen molar-refractivity contribution in [2.24, 2.45) is 0 Å². The molecular weight excluding hydrogens is 290 g/mol. The molecule has 106 valence electrons. The number of ether oxygens (including phenoxy) is 1. The fourth-order valence-corrected chi connectivity index (χ4v) is 2.54. The van der Waals surface area contributed by atoms with Crippen molar-refractivity contribution in [2.45, 2.75) is 18.4 Å². The molecule has 20 heavy (non-hydrogen) atoms. The maximum Gasteiger partial charge on any atom is 0.140 e. The van der Waals surface area contributed by atoms with E-state index in [0.29, 0.717) is 5.02 Å². The van der Waals surface area contributed by atoms with Gasteiger partial charge in [0.25, 0.3) is 0 Å². The van der Waals surface area contributed by atoms with Gasteiger partial charge in [-0.05, 0) is 37.1 Å². The van der Waals surface area contributed by atoms with Crippen LogP contribution in [0.1, 0.15) is 12.5 Å². The molecule has 2 aromatic rings. The highest BCUT2D eigenvalue weighted by atomic mass is 35.5. The molecule has 0 amide bonds. The summed E-state index contributed by atoms with van der Waals surface area (Å²) in [5, 5.41) is 3.99. The number of hydrogen-bond donors (Lipinski definition) is 1. The highest BCUT2D eigenvalue weighted by Gasteiger charge is 2.08. The zero-order valence-electron chi connectivity index (χ0n) is 11.7. The Balaban J connectivity index is 2.29. The van der Waals surface area contributed by atoms with Crippen molar-refractivity contribution in [2.75, 3.05) is 12.8 Å². The van der Waals surface area contributed by atoms with Gasteiger partial charge in [-0.25, -0.2) is 0 Å². The van der Waals surface area contributed by atoms with E-state index in [4.69, 9.17) is 16.3 Å². The topological polar surface area (TPSA) is 21.3 Å². The van der Waals surface area contributed by atoms with Crippen LogP contribution >= 0.6 is 23.4 Å². The van der Waals surface area contributed by atoms with E-state index in [1.165, 1.54) is 0 Å². The van der Waals surface area contributed by atoms with Gasteiger partial charge in [0, 0.05) is 22.0 Å². The Labute approximate surface area is 129 Å². The van der Waals surface area contributed by atoms with Crippen molar-refractivity contribution in [3.8, 4) is 11.5 Å². The second kappa shape index (κ2) is 7.58. The Morgan fingerprint density at radius 3 is 2.70 bits per heavy atom. The molecule has 0 aromatic heterocycles. The molecule has 0 bridgehead atoms. The van der Waals surface area contributed by atoms with Gasteiger partial charge in [0.15, 0.2) is 0 Å². The Bertz CT molecular complexity index is 574. The van der Waals surface area contributed by atoms with Gasteiger partial charge in [-0.3, -0.25) is 0 Å². The molecule has 0 heterocycles. The van der Waals surface area contributed by atoms with Gasteiger partial charge in [-0.2, -0.15) is 0 Å². The third-order valence-electron chi connectivity index (χ3n) is 2.88. The lowest BCUT2D eigenvalue weighted by atomic mass is 10.2. The maximum atomic E-state index is 6.09. The number of thioether (sulfide) groups is 1. The Hall–Kier alpha value is -1.16. The molecule has 0 aliphatic rings. The number of benzene rings is 2. The van der Waals surface area contributed by atoms with Crippen LogP contribution in [0.3, 0.4) is 0 Å². The van der Waals surface area contributed by atoms with Crippen molar-refractivity contribution in [1.29, 1.82) is 0 Å². The van der Waals surface area contributed by atoms with Crippen LogP contribution < -0.4 is 10.1 Å². The molecule has 2 nitrogen and oxygen atoms in total. The molecule has 0 aliphatic heterocycles. The van der Waals surface area contributed by atoms with Gasteiger partial charge in [-0.15, -0.1) is 11.8 Å². The molecule has 0 atom stereocenters. The average Bonchev–Trinajstić information content (AvgIpc) is 2.47. The number of para-hydroxylation sites is 1. The first-order valence-corrected chi connectivity index (χ1v) is 8.15. The zero-order chi connectivity index (χ0) is 14.4. The Morgan fingerprint density at radius 1 is 1.15 bits per heavy atom. The predicted molar refractivity (Wildman–Crippen MR) is 87.1 cm³/mol. The summed E-state index contributed by atoms with van der Waals surface area (Å²) >= 11 is 7.75.